The molecule has 1 N–H and O–H groups in total. The smallest absolute Gasteiger partial charge is 0.255 e. The first-order chi connectivity index (χ1) is 10.4. The first-order valence-electron chi connectivity index (χ1n) is 6.30. The standard InChI is InChI=1S/C14H13Cl2N3O3/c1-8-5-12(18-22-8)17-13(20)7-19(2)14(21)10-4-3-9(15)6-11(10)16/h3-6H,7H2,1-2H3,(H,17,18,20). The molecule has 0 aliphatic rings. The molecule has 2 aromatic rings. The summed E-state index contributed by atoms with van der Waals surface area (Å²) in [6.45, 7) is 1.56. The third-order valence-corrected chi connectivity index (χ3v) is 3.33. The number of amides is 2. The van der Waals surface area contributed by atoms with E-state index in [1.54, 1.807) is 19.1 Å². The van der Waals surface area contributed by atoms with Crippen molar-refractivity contribution in [2.24, 2.45) is 0 Å². The molecule has 0 aliphatic heterocycles. The normalized spacial score (nSPS) is 10.4. The van der Waals surface area contributed by atoms with Crippen LogP contribution in [0.2, 0.25) is 10.0 Å². The lowest BCUT2D eigenvalue weighted by molar-refractivity contribution is -0.116. The minimum atomic E-state index is -0.394. The molecule has 1 aromatic carbocycles. The summed E-state index contributed by atoms with van der Waals surface area (Å²) in [5.74, 6) is 0.0999. The van der Waals surface area contributed by atoms with E-state index in [1.165, 1.54) is 24.1 Å². The summed E-state index contributed by atoms with van der Waals surface area (Å²) in [6, 6.07) is 6.13. The molecule has 6 nitrogen and oxygen atoms in total. The molecule has 1 aromatic heterocycles. The van der Waals surface area contributed by atoms with Crippen molar-refractivity contribution >= 4 is 40.8 Å². The third-order valence-electron chi connectivity index (χ3n) is 2.78. The van der Waals surface area contributed by atoms with Crippen LogP contribution in [0.25, 0.3) is 0 Å². The van der Waals surface area contributed by atoms with Crippen LogP contribution in [0.15, 0.2) is 28.8 Å². The molecule has 2 rings (SSSR count). The van der Waals surface area contributed by atoms with Crippen LogP contribution in [0.1, 0.15) is 16.1 Å². The Hall–Kier alpha value is -2.05. The summed E-state index contributed by atoms with van der Waals surface area (Å²) >= 11 is 11.8. The fourth-order valence-electron chi connectivity index (χ4n) is 1.76. The molecule has 0 unspecified atom stereocenters. The van der Waals surface area contributed by atoms with Gasteiger partial charge in [-0.25, -0.2) is 0 Å². The van der Waals surface area contributed by atoms with Crippen LogP contribution >= 0.6 is 23.2 Å². The summed E-state index contributed by atoms with van der Waals surface area (Å²) in [6.07, 6.45) is 0. The predicted molar refractivity (Wildman–Crippen MR) is 83.3 cm³/mol. The van der Waals surface area contributed by atoms with Gasteiger partial charge in [0, 0.05) is 18.1 Å². The average Bonchev–Trinajstić information content (AvgIpc) is 2.83. The molecule has 0 saturated carbocycles. The summed E-state index contributed by atoms with van der Waals surface area (Å²) in [5.41, 5.74) is 0.277. The van der Waals surface area contributed by atoms with Crippen molar-refractivity contribution in [1.82, 2.24) is 10.1 Å². The van der Waals surface area contributed by atoms with Gasteiger partial charge in [-0.15, -0.1) is 0 Å². The van der Waals surface area contributed by atoms with Crippen molar-refractivity contribution in [2.45, 2.75) is 6.92 Å². The lowest BCUT2D eigenvalue weighted by Gasteiger charge is -2.17. The molecular formula is C14H13Cl2N3O3. The molecule has 0 aliphatic carbocycles. The second-order valence-electron chi connectivity index (χ2n) is 4.66. The molecule has 2 amide bonds. The Balaban J connectivity index is 2.00. The number of nitrogens with one attached hydrogen (secondary N) is 1. The SMILES string of the molecule is Cc1cc(NC(=O)CN(C)C(=O)c2ccc(Cl)cc2Cl)no1. The maximum Gasteiger partial charge on any atom is 0.255 e. The molecule has 116 valence electrons. The molecule has 0 spiro atoms. The summed E-state index contributed by atoms with van der Waals surface area (Å²) in [4.78, 5) is 25.4. The third kappa shape index (κ3) is 3.99. The lowest BCUT2D eigenvalue weighted by atomic mass is 10.2. The first kappa shape index (κ1) is 16.3. The quantitative estimate of drug-likeness (QED) is 0.927. The Morgan fingerprint density at radius 1 is 1.32 bits per heavy atom. The second-order valence-corrected chi connectivity index (χ2v) is 5.50. The Morgan fingerprint density at radius 3 is 2.64 bits per heavy atom. The van der Waals surface area contributed by atoms with Crippen molar-refractivity contribution in [3.8, 4) is 0 Å². The maximum absolute atomic E-state index is 12.3. The maximum atomic E-state index is 12.3. The fraction of sp³-hybridized carbons (Fsp3) is 0.214. The van der Waals surface area contributed by atoms with Gasteiger partial charge in [-0.3, -0.25) is 9.59 Å². The highest BCUT2D eigenvalue weighted by Gasteiger charge is 2.18. The van der Waals surface area contributed by atoms with Gasteiger partial charge >= 0.3 is 0 Å². The van der Waals surface area contributed by atoms with E-state index in [-0.39, 0.29) is 23.0 Å². The zero-order valence-corrected chi connectivity index (χ0v) is 13.4. The van der Waals surface area contributed by atoms with Crippen molar-refractivity contribution in [1.29, 1.82) is 0 Å². The number of nitrogens with zero attached hydrogens (tertiary/aromatic N) is 2. The number of hydrogen-bond acceptors (Lipinski definition) is 4. The Bertz CT molecular complexity index is 715. The van der Waals surface area contributed by atoms with Crippen LogP contribution in [-0.2, 0) is 4.79 Å². The summed E-state index contributed by atoms with van der Waals surface area (Å²) < 4.78 is 4.84. The number of halogens is 2. The van der Waals surface area contributed by atoms with Gasteiger partial charge in [0.1, 0.15) is 5.76 Å². The van der Waals surface area contributed by atoms with Crippen LogP contribution in [-0.4, -0.2) is 35.5 Å². The largest absolute Gasteiger partial charge is 0.360 e. The van der Waals surface area contributed by atoms with E-state index in [4.69, 9.17) is 27.7 Å². The number of carbonyl (C=O) groups excluding carboxylic acids is 2. The number of carbonyl (C=O) groups is 2. The van der Waals surface area contributed by atoms with E-state index in [0.29, 0.717) is 16.6 Å². The van der Waals surface area contributed by atoms with E-state index < -0.39 is 5.91 Å². The monoisotopic (exact) mass is 341 g/mol. The molecule has 0 atom stereocenters. The first-order valence-corrected chi connectivity index (χ1v) is 7.06. The predicted octanol–water partition coefficient (Wildman–Crippen LogP) is 3.00. The van der Waals surface area contributed by atoms with E-state index in [0.717, 1.165) is 0 Å². The lowest BCUT2D eigenvalue weighted by Crippen LogP contribution is -2.35. The van der Waals surface area contributed by atoms with Crippen molar-refractivity contribution in [3.63, 3.8) is 0 Å². The summed E-state index contributed by atoms with van der Waals surface area (Å²) in [7, 11) is 1.50. The number of aryl methyl sites for hydroxylation is 1. The van der Waals surface area contributed by atoms with Crippen LogP contribution in [0, 0.1) is 6.92 Å². The number of rotatable bonds is 4. The Labute approximate surface area is 137 Å². The zero-order chi connectivity index (χ0) is 16.3. The zero-order valence-electron chi connectivity index (χ0n) is 11.9. The fourth-order valence-corrected chi connectivity index (χ4v) is 2.25. The highest BCUT2D eigenvalue weighted by Crippen LogP contribution is 2.22. The van der Waals surface area contributed by atoms with Crippen LogP contribution in [0.5, 0.6) is 0 Å². The van der Waals surface area contributed by atoms with E-state index in [9.17, 15) is 9.59 Å². The Morgan fingerprint density at radius 2 is 2.05 bits per heavy atom. The number of aromatic nitrogens is 1. The van der Waals surface area contributed by atoms with Crippen molar-refractivity contribution in [3.05, 3.63) is 45.6 Å². The number of hydrogen-bond donors (Lipinski definition) is 1. The minimum Gasteiger partial charge on any atom is -0.360 e. The van der Waals surface area contributed by atoms with Crippen molar-refractivity contribution in [2.75, 3.05) is 18.9 Å². The van der Waals surface area contributed by atoms with Crippen LogP contribution in [0.4, 0.5) is 5.82 Å². The van der Waals surface area contributed by atoms with E-state index in [2.05, 4.69) is 10.5 Å². The number of benzene rings is 1. The van der Waals surface area contributed by atoms with Gasteiger partial charge in [0.25, 0.3) is 5.91 Å². The van der Waals surface area contributed by atoms with Gasteiger partial charge in [0.2, 0.25) is 5.91 Å². The molecule has 0 radical (unpaired) electrons. The van der Waals surface area contributed by atoms with E-state index >= 15 is 0 Å². The highest BCUT2D eigenvalue weighted by molar-refractivity contribution is 6.36. The highest BCUT2D eigenvalue weighted by atomic mass is 35.5. The molecule has 1 heterocycles. The van der Waals surface area contributed by atoms with Crippen molar-refractivity contribution < 1.29 is 14.1 Å². The van der Waals surface area contributed by atoms with Gasteiger partial charge in [0.05, 0.1) is 17.1 Å². The van der Waals surface area contributed by atoms with Crippen LogP contribution < -0.4 is 5.32 Å². The van der Waals surface area contributed by atoms with Gasteiger partial charge in [-0.1, -0.05) is 28.4 Å². The minimum absolute atomic E-state index is 0.149. The van der Waals surface area contributed by atoms with Gasteiger partial charge in [-0.05, 0) is 25.1 Å². The van der Waals surface area contributed by atoms with Gasteiger partial charge < -0.3 is 14.7 Å². The molecule has 0 bridgehead atoms. The molecule has 0 saturated heterocycles. The Kier molecular flexibility index (Phi) is 5.05. The molecule has 8 heteroatoms. The summed E-state index contributed by atoms with van der Waals surface area (Å²) in [5, 5.41) is 6.84. The molecule has 22 heavy (non-hydrogen) atoms. The van der Waals surface area contributed by atoms with E-state index in [1.807, 2.05) is 0 Å². The average molecular weight is 342 g/mol. The topological polar surface area (TPSA) is 75.4 Å². The molecular weight excluding hydrogens is 329 g/mol. The number of likely N-dealkylation sites (N-methyl/N-ethyl adjacent to an activating group) is 1. The van der Waals surface area contributed by atoms with Gasteiger partial charge in [0.15, 0.2) is 5.82 Å². The van der Waals surface area contributed by atoms with Crippen LogP contribution in [0.3, 0.4) is 0 Å². The van der Waals surface area contributed by atoms with Gasteiger partial charge in [-0.2, -0.15) is 0 Å². The second kappa shape index (κ2) is 6.81. The molecule has 0 fully saturated rings. The number of anilines is 1.